The molecule has 0 aromatic heterocycles. The number of anilines is 3. The van der Waals surface area contributed by atoms with Gasteiger partial charge in [0.15, 0.2) is 0 Å². The van der Waals surface area contributed by atoms with Crippen LogP contribution in [0, 0.1) is 0 Å². The van der Waals surface area contributed by atoms with Crippen molar-refractivity contribution >= 4 is 38.6 Å². The van der Waals surface area contributed by atoms with Crippen LogP contribution in [0.1, 0.15) is 47.2 Å². The second-order valence-corrected chi connectivity index (χ2v) is 17.1. The fourth-order valence-corrected chi connectivity index (χ4v) is 11.0. The van der Waals surface area contributed by atoms with Gasteiger partial charge in [0, 0.05) is 27.8 Å². The van der Waals surface area contributed by atoms with Crippen LogP contribution in [-0.4, -0.2) is 0 Å². The number of benzene rings is 10. The summed E-state index contributed by atoms with van der Waals surface area (Å²) in [4.78, 5) is 2.51. The first-order valence-corrected chi connectivity index (χ1v) is 21.4. The summed E-state index contributed by atoms with van der Waals surface area (Å²) in [6, 6.07) is 83.4. The molecule has 1 nitrogen and oxygen atoms in total. The van der Waals surface area contributed by atoms with Gasteiger partial charge in [-0.2, -0.15) is 0 Å². The van der Waals surface area contributed by atoms with Gasteiger partial charge in [0.1, 0.15) is 0 Å². The maximum Gasteiger partial charge on any atom is 0.0543 e. The Bertz CT molecular complexity index is 3330. The van der Waals surface area contributed by atoms with E-state index in [1.165, 1.54) is 94.0 Å². The van der Waals surface area contributed by atoms with Crippen molar-refractivity contribution in [2.75, 3.05) is 4.90 Å². The third kappa shape index (κ3) is 5.14. The number of hydrogen-bond donors (Lipinski definition) is 0. The van der Waals surface area contributed by atoms with Crippen molar-refractivity contribution < 1.29 is 0 Å². The van der Waals surface area contributed by atoms with Crippen LogP contribution in [0.4, 0.5) is 17.1 Å². The van der Waals surface area contributed by atoms with E-state index in [1.807, 2.05) is 0 Å². The van der Waals surface area contributed by atoms with Gasteiger partial charge in [0.25, 0.3) is 0 Å². The Labute approximate surface area is 357 Å². The molecule has 288 valence electrons. The van der Waals surface area contributed by atoms with Gasteiger partial charge in [-0.25, -0.2) is 0 Å². The molecule has 10 aromatic rings. The van der Waals surface area contributed by atoms with Gasteiger partial charge >= 0.3 is 0 Å². The standard InChI is InChI=1S/C60H43N/c1-59(42-19-5-3-6-20-42)53-28-15-13-26-49(53)52-39-45(36-37-55(52)59)61(44-34-32-40(33-35-44)51-38-41-18-9-10-23-46(41)47-24-11-12-25-48(47)51)57-31-17-30-56-58(57)50-27-14-16-29-54(50)60(56,2)43-21-7-4-8-22-43/h3-39H,1-2H3. The normalized spacial score (nSPS) is 17.1. The maximum absolute atomic E-state index is 2.51. The molecule has 0 fully saturated rings. The summed E-state index contributed by atoms with van der Waals surface area (Å²) in [6.45, 7) is 4.80. The fraction of sp³-hybridized carbons (Fsp3) is 0.0667. The minimum Gasteiger partial charge on any atom is -0.310 e. The zero-order valence-electron chi connectivity index (χ0n) is 34.3. The Hall–Kier alpha value is -7.48. The average molecular weight is 778 g/mol. The molecule has 0 radical (unpaired) electrons. The number of nitrogens with zero attached hydrogens (tertiary/aromatic N) is 1. The van der Waals surface area contributed by atoms with Crippen LogP contribution in [0.5, 0.6) is 0 Å². The molecule has 0 amide bonds. The van der Waals surface area contributed by atoms with Crippen molar-refractivity contribution in [2.45, 2.75) is 24.7 Å². The molecule has 0 saturated carbocycles. The van der Waals surface area contributed by atoms with Crippen molar-refractivity contribution in [3.63, 3.8) is 0 Å². The molecule has 0 spiro atoms. The molecule has 0 bridgehead atoms. The van der Waals surface area contributed by atoms with E-state index in [-0.39, 0.29) is 10.8 Å². The highest BCUT2D eigenvalue weighted by molar-refractivity contribution is 6.14. The molecular formula is C60H43N. The Morgan fingerprint density at radius 2 is 0.852 bits per heavy atom. The van der Waals surface area contributed by atoms with Gasteiger partial charge in [-0.1, -0.05) is 188 Å². The Balaban J connectivity index is 1.09. The smallest absolute Gasteiger partial charge is 0.0543 e. The minimum absolute atomic E-state index is 0.273. The molecular weight excluding hydrogens is 735 g/mol. The predicted octanol–water partition coefficient (Wildman–Crippen LogP) is 15.8. The van der Waals surface area contributed by atoms with Crippen molar-refractivity contribution in [2.24, 2.45) is 0 Å². The molecule has 10 aromatic carbocycles. The van der Waals surface area contributed by atoms with E-state index in [0.29, 0.717) is 0 Å². The lowest BCUT2D eigenvalue weighted by molar-refractivity contribution is 0.713. The fourth-order valence-electron chi connectivity index (χ4n) is 11.0. The largest absolute Gasteiger partial charge is 0.310 e. The summed E-state index contributed by atoms with van der Waals surface area (Å²) in [7, 11) is 0. The van der Waals surface area contributed by atoms with E-state index in [9.17, 15) is 0 Å². The predicted molar refractivity (Wildman–Crippen MR) is 256 cm³/mol. The number of rotatable bonds is 6. The average Bonchev–Trinajstić information content (AvgIpc) is 3.75. The Morgan fingerprint density at radius 1 is 0.328 bits per heavy atom. The molecule has 0 heterocycles. The molecule has 0 aliphatic heterocycles. The first-order valence-electron chi connectivity index (χ1n) is 21.4. The SMILES string of the molecule is CC1(c2ccccc2)c2ccccc2-c2cc(N(c3ccc(-c4cc5ccccc5c5ccccc45)cc3)c3cccc4c3-c3ccccc3C4(C)c3ccccc3)ccc21. The highest BCUT2D eigenvalue weighted by Crippen LogP contribution is 2.58. The first-order chi connectivity index (χ1) is 30.0. The van der Waals surface area contributed by atoms with Gasteiger partial charge in [0.2, 0.25) is 0 Å². The highest BCUT2D eigenvalue weighted by atomic mass is 15.1. The summed E-state index contributed by atoms with van der Waals surface area (Å²) in [5.41, 5.74) is 18.4. The molecule has 61 heavy (non-hydrogen) atoms. The molecule has 2 atom stereocenters. The summed E-state index contributed by atoms with van der Waals surface area (Å²) in [5, 5.41) is 5.08. The van der Waals surface area contributed by atoms with E-state index in [0.717, 1.165) is 11.4 Å². The van der Waals surface area contributed by atoms with Gasteiger partial charge in [0.05, 0.1) is 5.69 Å². The summed E-state index contributed by atoms with van der Waals surface area (Å²) < 4.78 is 0. The molecule has 2 aliphatic rings. The van der Waals surface area contributed by atoms with Crippen LogP contribution in [-0.2, 0) is 10.8 Å². The highest BCUT2D eigenvalue weighted by Gasteiger charge is 2.43. The van der Waals surface area contributed by atoms with E-state index in [2.05, 4.69) is 243 Å². The molecule has 12 rings (SSSR count). The third-order valence-electron chi connectivity index (χ3n) is 14.0. The van der Waals surface area contributed by atoms with Crippen LogP contribution in [0.25, 0.3) is 54.9 Å². The van der Waals surface area contributed by atoms with Gasteiger partial charge in [-0.15, -0.1) is 0 Å². The van der Waals surface area contributed by atoms with Crippen LogP contribution < -0.4 is 4.90 Å². The van der Waals surface area contributed by atoms with Gasteiger partial charge in [-0.3, -0.25) is 0 Å². The van der Waals surface area contributed by atoms with Crippen molar-refractivity contribution in [3.8, 4) is 33.4 Å². The molecule has 0 saturated heterocycles. The van der Waals surface area contributed by atoms with Crippen molar-refractivity contribution in [1.29, 1.82) is 0 Å². The maximum atomic E-state index is 2.51. The van der Waals surface area contributed by atoms with Crippen LogP contribution in [0.3, 0.4) is 0 Å². The topological polar surface area (TPSA) is 3.24 Å². The zero-order valence-corrected chi connectivity index (χ0v) is 34.3. The van der Waals surface area contributed by atoms with E-state index in [4.69, 9.17) is 0 Å². The second-order valence-electron chi connectivity index (χ2n) is 17.1. The van der Waals surface area contributed by atoms with Crippen molar-refractivity contribution in [1.82, 2.24) is 0 Å². The summed E-state index contributed by atoms with van der Waals surface area (Å²) in [5.74, 6) is 0. The monoisotopic (exact) mass is 777 g/mol. The summed E-state index contributed by atoms with van der Waals surface area (Å²) in [6.07, 6.45) is 0. The number of hydrogen-bond acceptors (Lipinski definition) is 1. The van der Waals surface area contributed by atoms with Crippen LogP contribution in [0.15, 0.2) is 224 Å². The van der Waals surface area contributed by atoms with Crippen molar-refractivity contribution in [3.05, 3.63) is 258 Å². The lowest BCUT2D eigenvalue weighted by Crippen LogP contribution is -2.22. The number of fused-ring (bicyclic) bond motifs is 9. The minimum atomic E-state index is -0.315. The van der Waals surface area contributed by atoms with Gasteiger partial charge in [-0.05, 0) is 133 Å². The van der Waals surface area contributed by atoms with Crippen LogP contribution >= 0.6 is 0 Å². The molecule has 1 heteroatoms. The van der Waals surface area contributed by atoms with E-state index < -0.39 is 0 Å². The summed E-state index contributed by atoms with van der Waals surface area (Å²) >= 11 is 0. The Morgan fingerprint density at radius 3 is 1.57 bits per heavy atom. The Kier molecular flexibility index (Phi) is 7.86. The quantitative estimate of drug-likeness (QED) is 0.152. The lowest BCUT2D eigenvalue weighted by atomic mass is 9.74. The lowest BCUT2D eigenvalue weighted by Gasteiger charge is -2.31. The molecule has 2 unspecified atom stereocenters. The molecule has 0 N–H and O–H groups in total. The van der Waals surface area contributed by atoms with E-state index in [1.54, 1.807) is 0 Å². The third-order valence-corrected chi connectivity index (χ3v) is 14.0. The van der Waals surface area contributed by atoms with Gasteiger partial charge < -0.3 is 4.90 Å². The molecule has 2 aliphatic carbocycles. The first kappa shape index (κ1) is 35.5. The zero-order chi connectivity index (χ0) is 40.7. The van der Waals surface area contributed by atoms with E-state index >= 15 is 0 Å². The van der Waals surface area contributed by atoms with Crippen LogP contribution in [0.2, 0.25) is 0 Å². The second kappa shape index (κ2) is 13.5.